The molecule has 9 nitrogen and oxygen atoms in total. The van der Waals surface area contributed by atoms with Crippen molar-refractivity contribution in [1.29, 1.82) is 0 Å². The third kappa shape index (κ3) is 5.26. The van der Waals surface area contributed by atoms with Gasteiger partial charge in [-0.25, -0.2) is 5.10 Å². The fourth-order valence-corrected chi connectivity index (χ4v) is 4.09. The molecule has 0 aliphatic heterocycles. The highest BCUT2D eigenvalue weighted by Crippen LogP contribution is 2.30. The summed E-state index contributed by atoms with van der Waals surface area (Å²) in [6.07, 6.45) is 0.416. The van der Waals surface area contributed by atoms with E-state index in [2.05, 4.69) is 15.5 Å². The topological polar surface area (TPSA) is 127 Å². The molecule has 9 heteroatoms. The van der Waals surface area contributed by atoms with Crippen LogP contribution in [0, 0.1) is 17.0 Å². The number of benzene rings is 4. The highest BCUT2D eigenvalue weighted by Gasteiger charge is 2.19. The molecule has 0 fully saturated rings. The minimum atomic E-state index is -0.561. The van der Waals surface area contributed by atoms with Crippen molar-refractivity contribution in [2.24, 2.45) is 0 Å². The lowest BCUT2D eigenvalue weighted by atomic mass is 10.0. The Morgan fingerprint density at radius 3 is 2.50 bits per heavy atom. The molecule has 38 heavy (non-hydrogen) atoms. The highest BCUT2D eigenvalue weighted by molar-refractivity contribution is 6.06. The zero-order valence-corrected chi connectivity index (χ0v) is 20.3. The zero-order valence-electron chi connectivity index (χ0n) is 20.3. The predicted octanol–water partition coefficient (Wildman–Crippen LogP) is 5.78. The SMILES string of the molecule is Cc1ccc(Oc2ccc([N+](=O)[O-])cc2C(=O)Nc2cccc(Cc3n[nH]c(=O)c4ccccc34)c2)cc1. The molecule has 0 atom stereocenters. The largest absolute Gasteiger partial charge is 0.457 e. The number of H-pyrrole nitrogens is 1. The quantitative estimate of drug-likeness (QED) is 0.213. The minimum absolute atomic E-state index is 0.0264. The number of carbonyl (C=O) groups excluding carboxylic acids is 1. The van der Waals surface area contributed by atoms with Crippen molar-refractivity contribution in [3.8, 4) is 11.5 Å². The van der Waals surface area contributed by atoms with Crippen LogP contribution in [0.3, 0.4) is 0 Å². The lowest BCUT2D eigenvalue weighted by Crippen LogP contribution is -2.14. The Morgan fingerprint density at radius 2 is 1.74 bits per heavy atom. The molecule has 1 amide bonds. The van der Waals surface area contributed by atoms with Gasteiger partial charge in [-0.1, -0.05) is 48.0 Å². The number of nitro benzene ring substituents is 1. The van der Waals surface area contributed by atoms with Crippen molar-refractivity contribution in [2.75, 3.05) is 5.32 Å². The van der Waals surface area contributed by atoms with Crippen LogP contribution in [0.15, 0.2) is 95.8 Å². The van der Waals surface area contributed by atoms with Gasteiger partial charge in [-0.2, -0.15) is 5.10 Å². The highest BCUT2D eigenvalue weighted by atomic mass is 16.6. The Balaban J connectivity index is 1.42. The van der Waals surface area contributed by atoms with E-state index in [9.17, 15) is 19.7 Å². The van der Waals surface area contributed by atoms with Crippen LogP contribution >= 0.6 is 0 Å². The molecule has 1 aromatic heterocycles. The van der Waals surface area contributed by atoms with Crippen molar-refractivity contribution in [1.82, 2.24) is 10.2 Å². The molecule has 0 aliphatic rings. The lowest BCUT2D eigenvalue weighted by Gasteiger charge is -2.12. The van der Waals surface area contributed by atoms with Gasteiger partial charge in [-0.05, 0) is 48.9 Å². The summed E-state index contributed by atoms with van der Waals surface area (Å²) < 4.78 is 5.89. The number of aryl methyl sites for hydroxylation is 1. The molecule has 0 spiro atoms. The van der Waals surface area contributed by atoms with Gasteiger partial charge in [-0.15, -0.1) is 0 Å². The Hall–Kier alpha value is -5.31. The number of carbonyl (C=O) groups is 1. The number of nitrogens with one attached hydrogen (secondary N) is 2. The molecule has 0 radical (unpaired) electrons. The summed E-state index contributed by atoms with van der Waals surface area (Å²) in [7, 11) is 0. The van der Waals surface area contributed by atoms with E-state index in [0.29, 0.717) is 28.9 Å². The number of nitrogens with zero attached hydrogens (tertiary/aromatic N) is 2. The second kappa shape index (κ2) is 10.4. The van der Waals surface area contributed by atoms with E-state index in [-0.39, 0.29) is 22.6 Å². The van der Waals surface area contributed by atoms with Crippen LogP contribution in [0.25, 0.3) is 10.8 Å². The second-order valence-electron chi connectivity index (χ2n) is 8.73. The standard InChI is InChI=1S/C29H22N4O5/c1-18-9-12-22(13-10-18)38-27-14-11-21(33(36)37)17-25(27)28(34)30-20-6-4-5-19(15-20)16-26-23-7-2-3-8-24(23)29(35)32-31-26/h2-15,17H,16H2,1H3,(H,30,34)(H,32,35). The smallest absolute Gasteiger partial charge is 0.272 e. The van der Waals surface area contributed by atoms with Crippen molar-refractivity contribution < 1.29 is 14.5 Å². The third-order valence-electron chi connectivity index (χ3n) is 6.00. The normalized spacial score (nSPS) is 10.8. The average Bonchev–Trinajstić information content (AvgIpc) is 2.92. The molecule has 0 aliphatic carbocycles. The van der Waals surface area contributed by atoms with Crippen LogP contribution < -0.4 is 15.6 Å². The van der Waals surface area contributed by atoms with Crippen LogP contribution in [-0.2, 0) is 6.42 Å². The number of hydrogen-bond donors (Lipinski definition) is 2. The maximum atomic E-state index is 13.3. The predicted molar refractivity (Wildman–Crippen MR) is 144 cm³/mol. The number of amides is 1. The molecular formula is C29H22N4O5. The first-order valence-corrected chi connectivity index (χ1v) is 11.8. The molecule has 4 aromatic carbocycles. The Labute approximate surface area is 216 Å². The van der Waals surface area contributed by atoms with Crippen LogP contribution in [0.5, 0.6) is 11.5 Å². The monoisotopic (exact) mass is 506 g/mol. The summed E-state index contributed by atoms with van der Waals surface area (Å²) in [4.78, 5) is 36.2. The van der Waals surface area contributed by atoms with E-state index in [1.54, 1.807) is 42.5 Å². The Morgan fingerprint density at radius 1 is 0.974 bits per heavy atom. The maximum absolute atomic E-state index is 13.3. The Bertz CT molecular complexity index is 1730. The zero-order chi connectivity index (χ0) is 26.6. The molecule has 5 rings (SSSR count). The fraction of sp³-hybridized carbons (Fsp3) is 0.0690. The van der Waals surface area contributed by atoms with Crippen LogP contribution in [0.4, 0.5) is 11.4 Å². The Kier molecular flexibility index (Phi) is 6.65. The van der Waals surface area contributed by atoms with Gasteiger partial charge >= 0.3 is 0 Å². The van der Waals surface area contributed by atoms with Crippen LogP contribution in [-0.4, -0.2) is 21.0 Å². The third-order valence-corrected chi connectivity index (χ3v) is 6.00. The van der Waals surface area contributed by atoms with Crippen LogP contribution in [0.2, 0.25) is 0 Å². The summed E-state index contributed by atoms with van der Waals surface area (Å²) in [5.74, 6) is 0.138. The first kappa shape index (κ1) is 24.4. The molecule has 1 heterocycles. The first-order chi connectivity index (χ1) is 18.4. The lowest BCUT2D eigenvalue weighted by molar-refractivity contribution is -0.384. The number of aromatic amines is 1. The van der Waals surface area contributed by atoms with E-state index in [1.165, 1.54) is 18.2 Å². The summed E-state index contributed by atoms with van der Waals surface area (Å²) in [6, 6.07) is 25.6. The van der Waals surface area contributed by atoms with Gasteiger partial charge in [0.15, 0.2) is 0 Å². The number of fused-ring (bicyclic) bond motifs is 1. The van der Waals surface area contributed by atoms with Crippen LogP contribution in [0.1, 0.15) is 27.2 Å². The average molecular weight is 507 g/mol. The molecule has 0 bridgehead atoms. The number of non-ortho nitro benzene ring substituents is 1. The van der Waals surface area contributed by atoms with E-state index in [1.807, 2.05) is 37.3 Å². The van der Waals surface area contributed by atoms with Crippen molar-refractivity contribution in [2.45, 2.75) is 13.3 Å². The molecule has 0 saturated carbocycles. The summed E-state index contributed by atoms with van der Waals surface area (Å²) in [5.41, 5.74) is 2.62. The number of nitro groups is 1. The van der Waals surface area contributed by atoms with E-state index in [4.69, 9.17) is 4.74 Å². The van der Waals surface area contributed by atoms with Crippen molar-refractivity contribution >= 4 is 28.1 Å². The molecule has 5 aromatic rings. The van der Waals surface area contributed by atoms with Gasteiger partial charge in [0, 0.05) is 29.6 Å². The summed E-state index contributed by atoms with van der Waals surface area (Å²) >= 11 is 0. The molecule has 0 saturated heterocycles. The summed E-state index contributed by atoms with van der Waals surface area (Å²) in [6.45, 7) is 1.94. The number of rotatable bonds is 7. The number of ether oxygens (including phenoxy) is 1. The maximum Gasteiger partial charge on any atom is 0.272 e. The number of hydrogen-bond acceptors (Lipinski definition) is 6. The molecule has 188 valence electrons. The van der Waals surface area contributed by atoms with E-state index >= 15 is 0 Å². The van der Waals surface area contributed by atoms with Gasteiger partial charge in [0.1, 0.15) is 11.5 Å². The first-order valence-electron chi connectivity index (χ1n) is 11.8. The fourth-order valence-electron chi connectivity index (χ4n) is 4.09. The number of aromatic nitrogens is 2. The van der Waals surface area contributed by atoms with Crippen molar-refractivity contribution in [3.05, 3.63) is 134 Å². The van der Waals surface area contributed by atoms with Gasteiger partial charge in [0.2, 0.25) is 0 Å². The van der Waals surface area contributed by atoms with Gasteiger partial charge in [0.25, 0.3) is 17.2 Å². The van der Waals surface area contributed by atoms with Gasteiger partial charge < -0.3 is 10.1 Å². The summed E-state index contributed by atoms with van der Waals surface area (Å²) in [5, 5.41) is 22.2. The molecule has 0 unspecified atom stereocenters. The van der Waals surface area contributed by atoms with Gasteiger partial charge in [0.05, 0.1) is 21.6 Å². The van der Waals surface area contributed by atoms with E-state index < -0.39 is 10.8 Å². The molecular weight excluding hydrogens is 484 g/mol. The minimum Gasteiger partial charge on any atom is -0.457 e. The van der Waals surface area contributed by atoms with Crippen molar-refractivity contribution in [3.63, 3.8) is 0 Å². The number of anilines is 1. The second-order valence-corrected chi connectivity index (χ2v) is 8.73. The molecule has 2 N–H and O–H groups in total. The van der Waals surface area contributed by atoms with E-state index in [0.717, 1.165) is 16.5 Å². The van der Waals surface area contributed by atoms with Gasteiger partial charge in [-0.3, -0.25) is 19.7 Å².